The first kappa shape index (κ1) is 14.3. The van der Waals surface area contributed by atoms with Crippen molar-refractivity contribution in [1.82, 2.24) is 9.88 Å². The maximum atomic E-state index is 11.1. The average Bonchev–Trinajstić information content (AvgIpc) is 2.94. The Bertz CT molecular complexity index is 414. The Kier molecular flexibility index (Phi) is 5.15. The van der Waals surface area contributed by atoms with Gasteiger partial charge in [-0.3, -0.25) is 9.69 Å². The quantitative estimate of drug-likeness (QED) is 0.764. The standard InChI is InChI=1S/C13H21N3O2S/c1-3-11-10-19-13(14-11)16-8-6-15(7-9-16)5-4-12(17)18-2/h10H,3-9H2,1-2H3. The van der Waals surface area contributed by atoms with Gasteiger partial charge in [-0.1, -0.05) is 6.92 Å². The molecule has 1 aliphatic rings. The van der Waals surface area contributed by atoms with Crippen LogP contribution in [0.3, 0.4) is 0 Å². The molecule has 6 heteroatoms. The molecule has 0 bridgehead atoms. The number of hydrogen-bond acceptors (Lipinski definition) is 6. The Morgan fingerprint density at radius 2 is 2.16 bits per heavy atom. The highest BCUT2D eigenvalue weighted by atomic mass is 32.1. The van der Waals surface area contributed by atoms with E-state index < -0.39 is 0 Å². The largest absolute Gasteiger partial charge is 0.469 e. The number of ether oxygens (including phenoxy) is 1. The second-order valence-corrected chi connectivity index (χ2v) is 5.47. The van der Waals surface area contributed by atoms with E-state index in [2.05, 4.69) is 31.8 Å². The van der Waals surface area contributed by atoms with E-state index in [1.807, 2.05) is 0 Å². The first-order chi connectivity index (χ1) is 9.22. The maximum Gasteiger partial charge on any atom is 0.306 e. The molecule has 0 atom stereocenters. The highest BCUT2D eigenvalue weighted by Gasteiger charge is 2.19. The van der Waals surface area contributed by atoms with Gasteiger partial charge in [0.2, 0.25) is 0 Å². The van der Waals surface area contributed by atoms with Crippen molar-refractivity contribution >= 4 is 22.4 Å². The van der Waals surface area contributed by atoms with Gasteiger partial charge in [0, 0.05) is 38.1 Å². The molecule has 5 nitrogen and oxygen atoms in total. The summed E-state index contributed by atoms with van der Waals surface area (Å²) in [7, 11) is 1.44. The Morgan fingerprint density at radius 1 is 1.42 bits per heavy atom. The van der Waals surface area contributed by atoms with Gasteiger partial charge in [0.15, 0.2) is 5.13 Å². The molecule has 0 radical (unpaired) electrons. The minimum Gasteiger partial charge on any atom is -0.469 e. The number of piperazine rings is 1. The SMILES string of the molecule is CCc1csc(N2CCN(CCC(=O)OC)CC2)n1. The molecule has 0 amide bonds. The zero-order valence-electron chi connectivity index (χ0n) is 11.6. The molecule has 0 spiro atoms. The molecule has 106 valence electrons. The zero-order valence-corrected chi connectivity index (χ0v) is 12.4. The number of aromatic nitrogens is 1. The van der Waals surface area contributed by atoms with E-state index in [-0.39, 0.29) is 5.97 Å². The van der Waals surface area contributed by atoms with Gasteiger partial charge in [-0.15, -0.1) is 11.3 Å². The number of carbonyl (C=O) groups excluding carboxylic acids is 1. The lowest BCUT2D eigenvalue weighted by Gasteiger charge is -2.34. The second-order valence-electron chi connectivity index (χ2n) is 4.63. The summed E-state index contributed by atoms with van der Waals surface area (Å²) in [6.07, 6.45) is 1.48. The molecule has 19 heavy (non-hydrogen) atoms. The number of hydrogen-bond donors (Lipinski definition) is 0. The lowest BCUT2D eigenvalue weighted by atomic mass is 10.3. The Morgan fingerprint density at radius 3 is 2.74 bits per heavy atom. The van der Waals surface area contributed by atoms with Crippen molar-refractivity contribution in [2.75, 3.05) is 44.7 Å². The van der Waals surface area contributed by atoms with Crippen LogP contribution in [0.25, 0.3) is 0 Å². The van der Waals surface area contributed by atoms with Crippen LogP contribution < -0.4 is 4.90 Å². The van der Waals surface area contributed by atoms with Crippen LogP contribution in [-0.2, 0) is 16.0 Å². The Labute approximate surface area is 118 Å². The molecule has 1 aromatic rings. The summed E-state index contributed by atoms with van der Waals surface area (Å²) >= 11 is 1.73. The molecule has 1 aliphatic heterocycles. The number of nitrogens with zero attached hydrogens (tertiary/aromatic N) is 3. The summed E-state index contributed by atoms with van der Waals surface area (Å²) in [5.41, 5.74) is 1.17. The first-order valence-corrected chi connectivity index (χ1v) is 7.59. The number of thiazole rings is 1. The second kappa shape index (κ2) is 6.86. The molecular weight excluding hydrogens is 262 g/mol. The molecule has 0 aromatic carbocycles. The van der Waals surface area contributed by atoms with E-state index in [1.54, 1.807) is 11.3 Å². The molecule has 0 N–H and O–H groups in total. The van der Waals surface area contributed by atoms with Crippen LogP contribution in [0.4, 0.5) is 5.13 Å². The van der Waals surface area contributed by atoms with Crippen LogP contribution in [0, 0.1) is 0 Å². The van der Waals surface area contributed by atoms with E-state index >= 15 is 0 Å². The van der Waals surface area contributed by atoms with E-state index in [9.17, 15) is 4.79 Å². The number of carbonyl (C=O) groups is 1. The molecule has 2 rings (SSSR count). The smallest absolute Gasteiger partial charge is 0.306 e. The van der Waals surface area contributed by atoms with Gasteiger partial charge < -0.3 is 9.64 Å². The summed E-state index contributed by atoms with van der Waals surface area (Å²) in [6.45, 7) is 6.86. The number of anilines is 1. The number of rotatable bonds is 5. The van der Waals surface area contributed by atoms with Crippen molar-refractivity contribution in [2.24, 2.45) is 0 Å². The summed E-state index contributed by atoms with van der Waals surface area (Å²) in [6, 6.07) is 0. The van der Waals surface area contributed by atoms with Crippen molar-refractivity contribution in [3.05, 3.63) is 11.1 Å². The van der Waals surface area contributed by atoms with Gasteiger partial charge in [-0.05, 0) is 6.42 Å². The van der Waals surface area contributed by atoms with Gasteiger partial charge in [-0.2, -0.15) is 0 Å². The third-order valence-corrected chi connectivity index (χ3v) is 4.35. The summed E-state index contributed by atoms with van der Waals surface area (Å²) in [4.78, 5) is 20.4. The number of methoxy groups -OCH3 is 1. The molecule has 1 fully saturated rings. The lowest BCUT2D eigenvalue weighted by Crippen LogP contribution is -2.47. The number of aryl methyl sites for hydroxylation is 1. The lowest BCUT2D eigenvalue weighted by molar-refractivity contribution is -0.141. The molecular formula is C13H21N3O2S. The predicted octanol–water partition coefficient (Wildman–Crippen LogP) is 1.39. The average molecular weight is 283 g/mol. The first-order valence-electron chi connectivity index (χ1n) is 6.71. The highest BCUT2D eigenvalue weighted by molar-refractivity contribution is 7.13. The summed E-state index contributed by atoms with van der Waals surface area (Å²) < 4.78 is 4.66. The van der Waals surface area contributed by atoms with Crippen LogP contribution in [0.2, 0.25) is 0 Å². The fourth-order valence-corrected chi connectivity index (χ4v) is 3.08. The van der Waals surface area contributed by atoms with E-state index in [0.717, 1.165) is 44.3 Å². The molecule has 0 unspecified atom stereocenters. The van der Waals surface area contributed by atoms with Crippen molar-refractivity contribution in [3.8, 4) is 0 Å². The minimum absolute atomic E-state index is 0.130. The van der Waals surface area contributed by atoms with Crippen LogP contribution in [0.15, 0.2) is 5.38 Å². The third-order valence-electron chi connectivity index (χ3n) is 3.40. The molecule has 0 saturated carbocycles. The van der Waals surface area contributed by atoms with Gasteiger partial charge in [0.05, 0.1) is 19.2 Å². The maximum absolute atomic E-state index is 11.1. The van der Waals surface area contributed by atoms with Crippen LogP contribution >= 0.6 is 11.3 Å². The van der Waals surface area contributed by atoms with Gasteiger partial charge in [-0.25, -0.2) is 4.98 Å². The van der Waals surface area contributed by atoms with Crippen LogP contribution in [0.1, 0.15) is 19.0 Å². The van der Waals surface area contributed by atoms with Crippen LogP contribution in [0.5, 0.6) is 0 Å². The molecule has 2 heterocycles. The summed E-state index contributed by atoms with van der Waals surface area (Å²) in [5.74, 6) is -0.130. The van der Waals surface area contributed by atoms with E-state index in [4.69, 9.17) is 0 Å². The van der Waals surface area contributed by atoms with Gasteiger partial charge in [0.25, 0.3) is 0 Å². The van der Waals surface area contributed by atoms with Crippen molar-refractivity contribution < 1.29 is 9.53 Å². The van der Waals surface area contributed by atoms with Gasteiger partial charge >= 0.3 is 5.97 Å². The van der Waals surface area contributed by atoms with Crippen molar-refractivity contribution in [2.45, 2.75) is 19.8 Å². The zero-order chi connectivity index (χ0) is 13.7. The van der Waals surface area contributed by atoms with Gasteiger partial charge in [0.1, 0.15) is 0 Å². The highest BCUT2D eigenvalue weighted by Crippen LogP contribution is 2.22. The van der Waals surface area contributed by atoms with E-state index in [1.165, 1.54) is 12.8 Å². The summed E-state index contributed by atoms with van der Waals surface area (Å²) in [5, 5.41) is 3.27. The fourth-order valence-electron chi connectivity index (χ4n) is 2.12. The van der Waals surface area contributed by atoms with Crippen LogP contribution in [-0.4, -0.2) is 55.7 Å². The Hall–Kier alpha value is -1.14. The monoisotopic (exact) mass is 283 g/mol. The van der Waals surface area contributed by atoms with Crippen molar-refractivity contribution in [1.29, 1.82) is 0 Å². The van der Waals surface area contributed by atoms with E-state index in [0.29, 0.717) is 6.42 Å². The molecule has 0 aliphatic carbocycles. The Balaban J connectivity index is 1.77. The molecule has 1 saturated heterocycles. The number of esters is 1. The molecule has 1 aromatic heterocycles. The normalized spacial score (nSPS) is 16.6. The fraction of sp³-hybridized carbons (Fsp3) is 0.692. The van der Waals surface area contributed by atoms with Crippen molar-refractivity contribution in [3.63, 3.8) is 0 Å². The topological polar surface area (TPSA) is 45.7 Å². The predicted molar refractivity (Wildman–Crippen MR) is 76.8 cm³/mol. The minimum atomic E-state index is -0.130. The third kappa shape index (κ3) is 3.91.